The van der Waals surface area contributed by atoms with E-state index in [4.69, 9.17) is 10.2 Å². The third-order valence-corrected chi connectivity index (χ3v) is 4.49. The molecule has 6 heteroatoms. The molecule has 0 saturated carbocycles. The fraction of sp³-hybridized carbons (Fsp3) is 0.391. The zero-order valence-corrected chi connectivity index (χ0v) is 16.8. The Morgan fingerprint density at radius 2 is 1.31 bits per heavy atom. The van der Waals surface area contributed by atoms with Gasteiger partial charge in [-0.1, -0.05) is 44.0 Å². The van der Waals surface area contributed by atoms with Gasteiger partial charge >= 0.3 is 0 Å². The summed E-state index contributed by atoms with van der Waals surface area (Å²) in [4.78, 5) is 27.3. The Hall–Kier alpha value is -2.88. The van der Waals surface area contributed by atoms with Crippen molar-refractivity contribution in [2.24, 2.45) is 15.9 Å². The molecule has 0 aromatic heterocycles. The maximum absolute atomic E-state index is 10.1. The summed E-state index contributed by atoms with van der Waals surface area (Å²) in [5, 5.41) is 17.2. The predicted octanol–water partition coefficient (Wildman–Crippen LogP) is 4.38. The summed E-state index contributed by atoms with van der Waals surface area (Å²) in [6.45, 7) is 2.66. The number of rotatable bonds is 10. The molecule has 0 aliphatic rings. The minimum atomic E-state index is 0.280. The maximum atomic E-state index is 10.1. The standard InChI is InChI=1S/C15H10N2O2.C8H18O2/c18-10-16-14-5-1-12(2-6-14)9-13-3-7-15(8-4-13)17-11-19;1-2-8(7-10)5-3-4-6-9/h1-8H,9H2;8-10H,2-7H2,1H3. The van der Waals surface area contributed by atoms with Crippen molar-refractivity contribution in [3.63, 3.8) is 0 Å². The molecule has 0 aliphatic carbocycles. The van der Waals surface area contributed by atoms with Crippen molar-refractivity contribution in [3.8, 4) is 0 Å². The molecule has 0 aliphatic heterocycles. The summed E-state index contributed by atoms with van der Waals surface area (Å²) in [6, 6.07) is 14.7. The van der Waals surface area contributed by atoms with E-state index in [-0.39, 0.29) is 6.61 Å². The lowest BCUT2D eigenvalue weighted by molar-refractivity contribution is 0.206. The highest BCUT2D eigenvalue weighted by Crippen LogP contribution is 2.17. The van der Waals surface area contributed by atoms with Gasteiger partial charge in [-0.05, 0) is 60.6 Å². The number of aliphatic hydroxyl groups excluding tert-OH is 2. The van der Waals surface area contributed by atoms with Crippen LogP contribution in [-0.2, 0) is 16.0 Å². The second kappa shape index (κ2) is 15.1. The van der Waals surface area contributed by atoms with Gasteiger partial charge in [-0.3, -0.25) is 0 Å². The smallest absolute Gasteiger partial charge is 0.240 e. The van der Waals surface area contributed by atoms with Crippen LogP contribution in [-0.4, -0.2) is 35.6 Å². The van der Waals surface area contributed by atoms with Crippen molar-refractivity contribution in [1.82, 2.24) is 0 Å². The Morgan fingerprint density at radius 3 is 1.66 bits per heavy atom. The van der Waals surface area contributed by atoms with Crippen LogP contribution < -0.4 is 0 Å². The highest BCUT2D eigenvalue weighted by molar-refractivity contribution is 5.51. The van der Waals surface area contributed by atoms with E-state index >= 15 is 0 Å². The topological polar surface area (TPSA) is 99.3 Å². The second-order valence-electron chi connectivity index (χ2n) is 6.59. The molecule has 0 amide bonds. The van der Waals surface area contributed by atoms with Crippen molar-refractivity contribution < 1.29 is 19.8 Å². The van der Waals surface area contributed by atoms with Gasteiger partial charge in [0.25, 0.3) is 0 Å². The highest BCUT2D eigenvalue weighted by Gasteiger charge is 2.02. The molecular weight excluding hydrogens is 368 g/mol. The molecule has 2 N–H and O–H groups in total. The van der Waals surface area contributed by atoms with Crippen molar-refractivity contribution >= 4 is 23.5 Å². The zero-order valence-electron chi connectivity index (χ0n) is 16.8. The first kappa shape index (κ1) is 24.2. The number of aliphatic hydroxyl groups is 2. The SMILES string of the molecule is CCC(CO)CCCCO.O=C=Nc1ccc(Cc2ccc(N=C=O)cc2)cc1. The first-order valence-corrected chi connectivity index (χ1v) is 9.72. The largest absolute Gasteiger partial charge is 0.396 e. The van der Waals surface area contributed by atoms with E-state index in [0.717, 1.165) is 43.2 Å². The molecule has 1 unspecified atom stereocenters. The minimum Gasteiger partial charge on any atom is -0.396 e. The van der Waals surface area contributed by atoms with Crippen LogP contribution >= 0.6 is 0 Å². The summed E-state index contributed by atoms with van der Waals surface area (Å²) in [5.41, 5.74) is 3.40. The van der Waals surface area contributed by atoms with E-state index < -0.39 is 0 Å². The Bertz CT molecular complexity index is 727. The number of carbonyl (C=O) groups excluding carboxylic acids is 2. The number of aliphatic imine (C=N–C) groups is 2. The number of nitrogens with zero attached hydrogens (tertiary/aromatic N) is 2. The van der Waals surface area contributed by atoms with Crippen LogP contribution in [0.5, 0.6) is 0 Å². The van der Waals surface area contributed by atoms with Crippen LogP contribution in [0, 0.1) is 5.92 Å². The van der Waals surface area contributed by atoms with Crippen molar-refractivity contribution in [3.05, 3.63) is 59.7 Å². The first-order chi connectivity index (χ1) is 14.2. The predicted molar refractivity (Wildman–Crippen MR) is 113 cm³/mol. The molecule has 0 fully saturated rings. The average molecular weight is 396 g/mol. The Balaban J connectivity index is 0.000000359. The van der Waals surface area contributed by atoms with E-state index in [9.17, 15) is 9.59 Å². The molecule has 2 aromatic carbocycles. The summed E-state index contributed by atoms with van der Waals surface area (Å²) >= 11 is 0. The summed E-state index contributed by atoms with van der Waals surface area (Å²) in [6.07, 6.45) is 7.77. The van der Waals surface area contributed by atoms with Crippen LogP contribution in [0.25, 0.3) is 0 Å². The Labute approximate surface area is 171 Å². The number of hydrogen-bond donors (Lipinski definition) is 2. The minimum absolute atomic E-state index is 0.280. The van der Waals surface area contributed by atoms with Gasteiger partial charge in [-0.15, -0.1) is 0 Å². The maximum Gasteiger partial charge on any atom is 0.240 e. The summed E-state index contributed by atoms with van der Waals surface area (Å²) in [5.74, 6) is 0.451. The van der Waals surface area contributed by atoms with Gasteiger partial charge in [0, 0.05) is 13.2 Å². The quantitative estimate of drug-likeness (QED) is 0.354. The number of benzene rings is 2. The molecular formula is C23H28N2O4. The molecule has 0 saturated heterocycles. The second-order valence-corrected chi connectivity index (χ2v) is 6.59. The lowest BCUT2D eigenvalue weighted by Crippen LogP contribution is -2.04. The molecule has 0 heterocycles. The monoisotopic (exact) mass is 396 g/mol. The van der Waals surface area contributed by atoms with Crippen LogP contribution in [0.2, 0.25) is 0 Å². The lowest BCUT2D eigenvalue weighted by atomic mass is 10.0. The van der Waals surface area contributed by atoms with Gasteiger partial charge in [0.05, 0.1) is 11.4 Å². The molecule has 0 bridgehead atoms. The Morgan fingerprint density at radius 1 is 0.828 bits per heavy atom. The molecule has 154 valence electrons. The zero-order chi connectivity index (χ0) is 21.3. The third kappa shape index (κ3) is 10.3. The normalized spacial score (nSPS) is 10.7. The molecule has 0 spiro atoms. The lowest BCUT2D eigenvalue weighted by Gasteiger charge is -2.09. The fourth-order valence-electron chi connectivity index (χ4n) is 2.69. The van der Waals surface area contributed by atoms with Crippen LogP contribution in [0.1, 0.15) is 43.7 Å². The van der Waals surface area contributed by atoms with Crippen molar-refractivity contribution in [2.75, 3.05) is 13.2 Å². The van der Waals surface area contributed by atoms with E-state index in [2.05, 4.69) is 16.9 Å². The van der Waals surface area contributed by atoms with E-state index in [0.29, 0.717) is 23.9 Å². The molecule has 0 radical (unpaired) electrons. The molecule has 6 nitrogen and oxygen atoms in total. The fourth-order valence-corrected chi connectivity index (χ4v) is 2.69. The van der Waals surface area contributed by atoms with Crippen molar-refractivity contribution in [2.45, 2.75) is 39.0 Å². The third-order valence-electron chi connectivity index (χ3n) is 4.49. The molecule has 29 heavy (non-hydrogen) atoms. The average Bonchev–Trinajstić information content (AvgIpc) is 2.75. The van der Waals surface area contributed by atoms with Gasteiger partial charge in [0.2, 0.25) is 12.2 Å². The number of isocyanates is 2. The first-order valence-electron chi connectivity index (χ1n) is 9.72. The molecule has 1 atom stereocenters. The number of hydrogen-bond acceptors (Lipinski definition) is 6. The van der Waals surface area contributed by atoms with Crippen LogP contribution in [0.15, 0.2) is 58.5 Å². The van der Waals surface area contributed by atoms with Crippen molar-refractivity contribution in [1.29, 1.82) is 0 Å². The molecule has 2 rings (SSSR count). The highest BCUT2D eigenvalue weighted by atomic mass is 16.3. The van der Waals surface area contributed by atoms with Gasteiger partial charge in [-0.25, -0.2) is 9.59 Å². The van der Waals surface area contributed by atoms with E-state index in [1.54, 1.807) is 24.3 Å². The summed E-state index contributed by atoms with van der Waals surface area (Å²) < 4.78 is 0. The van der Waals surface area contributed by atoms with E-state index in [1.165, 1.54) is 12.2 Å². The van der Waals surface area contributed by atoms with Crippen LogP contribution in [0.3, 0.4) is 0 Å². The van der Waals surface area contributed by atoms with Gasteiger partial charge in [-0.2, -0.15) is 9.98 Å². The Kier molecular flexibility index (Phi) is 12.6. The number of unbranched alkanes of at least 4 members (excludes halogenated alkanes) is 1. The molecule has 2 aromatic rings. The van der Waals surface area contributed by atoms with Crippen LogP contribution in [0.4, 0.5) is 11.4 Å². The van der Waals surface area contributed by atoms with Gasteiger partial charge < -0.3 is 10.2 Å². The van der Waals surface area contributed by atoms with Gasteiger partial charge in [0.15, 0.2) is 0 Å². The van der Waals surface area contributed by atoms with Gasteiger partial charge in [0.1, 0.15) is 0 Å². The summed E-state index contributed by atoms with van der Waals surface area (Å²) in [7, 11) is 0. The van der Waals surface area contributed by atoms with E-state index in [1.807, 2.05) is 24.3 Å².